The number of rotatable bonds is 6. The summed E-state index contributed by atoms with van der Waals surface area (Å²) >= 11 is 0. The van der Waals surface area contributed by atoms with Crippen molar-refractivity contribution in [3.8, 4) is 5.75 Å². The van der Waals surface area contributed by atoms with Crippen molar-refractivity contribution < 1.29 is 23.8 Å². The van der Waals surface area contributed by atoms with Crippen LogP contribution in [-0.2, 0) is 14.3 Å². The average molecular weight is 238 g/mol. The molecule has 0 N–H and O–H groups in total. The maximum atomic E-state index is 11.4. The van der Waals surface area contributed by atoms with Crippen molar-refractivity contribution in [3.05, 3.63) is 29.8 Å². The molecule has 0 fully saturated rings. The molecule has 0 aromatic heterocycles. The Morgan fingerprint density at radius 1 is 1.41 bits per heavy atom. The Kier molecular flexibility index (Phi) is 5.16. The maximum absolute atomic E-state index is 11.4. The molecule has 1 aromatic rings. The number of carbonyl (C=O) groups is 2. The topological polar surface area (TPSA) is 61.8 Å². The number of ether oxygens (including phenoxy) is 3. The zero-order valence-corrected chi connectivity index (χ0v) is 9.71. The summed E-state index contributed by atoms with van der Waals surface area (Å²) in [4.78, 5) is 22.0. The Labute approximate surface area is 99.3 Å². The van der Waals surface area contributed by atoms with E-state index >= 15 is 0 Å². The summed E-state index contributed by atoms with van der Waals surface area (Å²) in [5, 5.41) is 0. The second-order valence-corrected chi connectivity index (χ2v) is 3.28. The fourth-order valence-electron chi connectivity index (χ4n) is 1.26. The first-order valence-corrected chi connectivity index (χ1v) is 5.00. The Morgan fingerprint density at radius 2 is 2.18 bits per heavy atom. The minimum absolute atomic E-state index is 0.0813. The molecule has 0 saturated heterocycles. The normalized spacial score (nSPS) is 11.6. The summed E-state index contributed by atoms with van der Waals surface area (Å²) < 4.78 is 14.8. The van der Waals surface area contributed by atoms with Gasteiger partial charge < -0.3 is 14.2 Å². The minimum Gasteiger partial charge on any atom is -0.476 e. The first kappa shape index (κ1) is 13.2. The summed E-state index contributed by atoms with van der Waals surface area (Å²) in [7, 11) is 2.73. The predicted octanol–water partition coefficient (Wildman–Crippen LogP) is 1.07. The van der Waals surface area contributed by atoms with E-state index in [0.717, 1.165) is 0 Å². The number of esters is 1. The van der Waals surface area contributed by atoms with Crippen LogP contribution < -0.4 is 4.74 Å². The van der Waals surface area contributed by atoms with E-state index in [9.17, 15) is 9.59 Å². The fourth-order valence-corrected chi connectivity index (χ4v) is 1.26. The lowest BCUT2D eigenvalue weighted by molar-refractivity contribution is -0.151. The van der Waals surface area contributed by atoms with Crippen LogP contribution in [0.3, 0.4) is 0 Å². The number of hydrogen-bond acceptors (Lipinski definition) is 5. The minimum atomic E-state index is -0.841. The van der Waals surface area contributed by atoms with Crippen LogP contribution in [-0.4, -0.2) is 39.2 Å². The van der Waals surface area contributed by atoms with Gasteiger partial charge in [0.15, 0.2) is 0 Å². The number of hydrogen-bond donors (Lipinski definition) is 0. The molecule has 5 nitrogen and oxygen atoms in total. The molecule has 0 aliphatic heterocycles. The van der Waals surface area contributed by atoms with Gasteiger partial charge >= 0.3 is 5.97 Å². The molecule has 0 amide bonds. The lowest BCUT2D eigenvalue weighted by Gasteiger charge is -2.16. The molecule has 0 aliphatic rings. The van der Waals surface area contributed by atoms with Gasteiger partial charge in [-0.1, -0.05) is 12.1 Å². The van der Waals surface area contributed by atoms with E-state index in [0.29, 0.717) is 17.6 Å². The van der Waals surface area contributed by atoms with Crippen molar-refractivity contribution in [3.63, 3.8) is 0 Å². The largest absolute Gasteiger partial charge is 0.476 e. The summed E-state index contributed by atoms with van der Waals surface area (Å²) in [6.45, 7) is 0.0813. The highest BCUT2D eigenvalue weighted by Crippen LogP contribution is 2.14. The number of carbonyl (C=O) groups excluding carboxylic acids is 2. The van der Waals surface area contributed by atoms with E-state index in [1.807, 2.05) is 0 Å². The summed E-state index contributed by atoms with van der Waals surface area (Å²) in [5.41, 5.74) is 0.475. The molecule has 1 aromatic carbocycles. The maximum Gasteiger partial charge on any atom is 0.349 e. The molecule has 92 valence electrons. The third kappa shape index (κ3) is 3.88. The van der Waals surface area contributed by atoms with Gasteiger partial charge in [0.1, 0.15) is 12.0 Å². The van der Waals surface area contributed by atoms with Crippen molar-refractivity contribution >= 4 is 12.3 Å². The van der Waals surface area contributed by atoms with Gasteiger partial charge in [0.2, 0.25) is 6.10 Å². The van der Waals surface area contributed by atoms with Gasteiger partial charge in [-0.2, -0.15) is 0 Å². The second-order valence-electron chi connectivity index (χ2n) is 3.28. The van der Waals surface area contributed by atoms with Gasteiger partial charge in [-0.15, -0.1) is 0 Å². The monoisotopic (exact) mass is 238 g/mol. The summed E-state index contributed by atoms with van der Waals surface area (Å²) in [5.74, 6) is -0.106. The molecule has 0 saturated carbocycles. The molecule has 1 atom stereocenters. The van der Waals surface area contributed by atoms with Crippen LogP contribution in [0.2, 0.25) is 0 Å². The van der Waals surface area contributed by atoms with E-state index in [1.165, 1.54) is 14.2 Å². The Bertz CT molecular complexity index is 388. The van der Waals surface area contributed by atoms with E-state index in [4.69, 9.17) is 9.47 Å². The molecular formula is C12H14O5. The first-order valence-electron chi connectivity index (χ1n) is 5.00. The second kappa shape index (κ2) is 6.65. The Balaban J connectivity index is 2.77. The average Bonchev–Trinajstić information content (AvgIpc) is 2.37. The third-order valence-corrected chi connectivity index (χ3v) is 2.05. The number of aldehydes is 1. The Hall–Kier alpha value is -1.88. The van der Waals surface area contributed by atoms with Crippen molar-refractivity contribution in [2.24, 2.45) is 0 Å². The smallest absolute Gasteiger partial charge is 0.349 e. The van der Waals surface area contributed by atoms with Crippen LogP contribution in [0.5, 0.6) is 5.75 Å². The van der Waals surface area contributed by atoms with Crippen molar-refractivity contribution in [1.29, 1.82) is 0 Å². The summed E-state index contributed by atoms with van der Waals surface area (Å²) in [6.07, 6.45) is -0.136. The molecule has 1 unspecified atom stereocenters. The Morgan fingerprint density at radius 3 is 2.76 bits per heavy atom. The molecular weight excluding hydrogens is 224 g/mol. The zero-order valence-electron chi connectivity index (χ0n) is 9.71. The summed E-state index contributed by atoms with van der Waals surface area (Å²) in [6, 6.07) is 6.50. The van der Waals surface area contributed by atoms with Crippen molar-refractivity contribution in [2.75, 3.05) is 20.8 Å². The van der Waals surface area contributed by atoms with E-state index in [-0.39, 0.29) is 6.61 Å². The van der Waals surface area contributed by atoms with Gasteiger partial charge in [0.25, 0.3) is 0 Å². The van der Waals surface area contributed by atoms with Crippen LogP contribution >= 0.6 is 0 Å². The lowest BCUT2D eigenvalue weighted by Crippen LogP contribution is -2.32. The molecule has 0 radical (unpaired) electrons. The van der Waals surface area contributed by atoms with Crippen LogP contribution in [0.15, 0.2) is 24.3 Å². The third-order valence-electron chi connectivity index (χ3n) is 2.05. The highest BCUT2D eigenvalue weighted by molar-refractivity contribution is 5.76. The van der Waals surface area contributed by atoms with E-state index in [1.54, 1.807) is 24.3 Å². The SMILES string of the molecule is COCC(Oc1cccc(C=O)c1)C(=O)OC. The zero-order chi connectivity index (χ0) is 12.7. The van der Waals surface area contributed by atoms with Crippen molar-refractivity contribution in [1.82, 2.24) is 0 Å². The predicted molar refractivity (Wildman–Crippen MR) is 60.1 cm³/mol. The molecule has 0 bridgehead atoms. The van der Waals surface area contributed by atoms with Gasteiger partial charge in [-0.25, -0.2) is 4.79 Å². The van der Waals surface area contributed by atoms with Crippen molar-refractivity contribution in [2.45, 2.75) is 6.10 Å². The number of methoxy groups -OCH3 is 2. The van der Waals surface area contributed by atoms with Crippen LogP contribution in [0, 0.1) is 0 Å². The highest BCUT2D eigenvalue weighted by atomic mass is 16.6. The van der Waals surface area contributed by atoms with E-state index < -0.39 is 12.1 Å². The van der Waals surface area contributed by atoms with Gasteiger partial charge in [-0.05, 0) is 12.1 Å². The molecule has 0 heterocycles. The molecule has 0 spiro atoms. The molecule has 1 rings (SSSR count). The van der Waals surface area contributed by atoms with Gasteiger partial charge in [0.05, 0.1) is 13.7 Å². The molecule has 17 heavy (non-hydrogen) atoms. The van der Waals surface area contributed by atoms with Crippen LogP contribution in [0.1, 0.15) is 10.4 Å². The standard InChI is InChI=1S/C12H14O5/c1-15-8-11(12(14)16-2)17-10-5-3-4-9(6-10)7-13/h3-7,11H,8H2,1-2H3. The fraction of sp³-hybridized carbons (Fsp3) is 0.333. The number of benzene rings is 1. The van der Waals surface area contributed by atoms with Gasteiger partial charge in [-0.3, -0.25) is 4.79 Å². The van der Waals surface area contributed by atoms with Crippen LogP contribution in [0.4, 0.5) is 0 Å². The van der Waals surface area contributed by atoms with E-state index in [2.05, 4.69) is 4.74 Å². The molecule has 5 heteroatoms. The van der Waals surface area contributed by atoms with Crippen LogP contribution in [0.25, 0.3) is 0 Å². The quantitative estimate of drug-likeness (QED) is 0.548. The molecule has 0 aliphatic carbocycles. The van der Waals surface area contributed by atoms with Gasteiger partial charge in [0, 0.05) is 12.7 Å². The lowest BCUT2D eigenvalue weighted by atomic mass is 10.2. The first-order chi connectivity index (χ1) is 8.21. The highest BCUT2D eigenvalue weighted by Gasteiger charge is 2.21.